The molecule has 0 bridgehead atoms. The summed E-state index contributed by atoms with van der Waals surface area (Å²) in [5.74, 6) is -0.370. The molecule has 0 aliphatic carbocycles. The van der Waals surface area contributed by atoms with Gasteiger partial charge in [0.05, 0.1) is 6.10 Å². The predicted molar refractivity (Wildman–Crippen MR) is 79.0 cm³/mol. The van der Waals surface area contributed by atoms with Gasteiger partial charge in [-0.05, 0) is 25.5 Å². The molecule has 0 aliphatic rings. The Morgan fingerprint density at radius 1 is 1.15 bits per heavy atom. The molecule has 2 atom stereocenters. The predicted octanol–water partition coefficient (Wildman–Crippen LogP) is 3.52. The van der Waals surface area contributed by atoms with E-state index in [-0.39, 0.29) is 11.9 Å². The van der Waals surface area contributed by atoms with E-state index >= 15 is 0 Å². The Labute approximate surface area is 119 Å². The zero-order valence-electron chi connectivity index (χ0n) is 11.8. The Hall–Kier alpha value is -1.71. The third kappa shape index (κ3) is 3.65. The summed E-state index contributed by atoms with van der Waals surface area (Å²) in [7, 11) is 0. The van der Waals surface area contributed by atoms with E-state index in [4.69, 9.17) is 0 Å². The fourth-order valence-electron chi connectivity index (χ4n) is 2.20. The van der Waals surface area contributed by atoms with Crippen molar-refractivity contribution in [3.05, 3.63) is 71.0 Å². The first-order valence-corrected chi connectivity index (χ1v) is 6.80. The molecule has 0 radical (unpaired) electrons. The summed E-state index contributed by atoms with van der Waals surface area (Å²) < 4.78 is 13.6. The van der Waals surface area contributed by atoms with Crippen LogP contribution in [-0.4, -0.2) is 11.7 Å². The molecule has 3 heteroatoms. The fraction of sp³-hybridized carbons (Fsp3) is 0.294. The van der Waals surface area contributed by atoms with Crippen LogP contribution in [0.25, 0.3) is 0 Å². The van der Waals surface area contributed by atoms with Crippen LogP contribution in [0, 0.1) is 12.7 Å². The molecule has 0 saturated carbocycles. The monoisotopic (exact) mass is 273 g/mol. The molecule has 2 N–H and O–H groups in total. The van der Waals surface area contributed by atoms with Gasteiger partial charge in [-0.2, -0.15) is 0 Å². The third-order valence-electron chi connectivity index (χ3n) is 3.42. The molecule has 106 valence electrons. The van der Waals surface area contributed by atoms with Crippen LogP contribution in [0.15, 0.2) is 48.5 Å². The molecule has 2 aromatic carbocycles. The maximum atomic E-state index is 13.6. The molecule has 0 spiro atoms. The molecule has 2 unspecified atom stereocenters. The highest BCUT2D eigenvalue weighted by molar-refractivity contribution is 5.25. The molecule has 2 aromatic rings. The van der Waals surface area contributed by atoms with Gasteiger partial charge in [0.25, 0.3) is 0 Å². The van der Waals surface area contributed by atoms with Gasteiger partial charge in [-0.1, -0.05) is 48.0 Å². The van der Waals surface area contributed by atoms with E-state index in [1.165, 1.54) is 11.6 Å². The van der Waals surface area contributed by atoms with E-state index in [9.17, 15) is 9.50 Å². The molecule has 0 heterocycles. The van der Waals surface area contributed by atoms with Crippen molar-refractivity contribution < 1.29 is 9.50 Å². The van der Waals surface area contributed by atoms with Gasteiger partial charge in [0, 0.05) is 18.2 Å². The lowest BCUT2D eigenvalue weighted by Gasteiger charge is -2.18. The standard InChI is InChI=1S/C17H20FNO/c1-12-6-5-7-14(10-12)13(2)19-11-17(20)15-8-3-4-9-16(15)18/h3-10,13,17,19-20H,11H2,1-2H3. The number of halogens is 1. The number of aryl methyl sites for hydroxylation is 1. The minimum Gasteiger partial charge on any atom is -0.387 e. The number of hydrogen-bond donors (Lipinski definition) is 2. The van der Waals surface area contributed by atoms with Crippen LogP contribution in [0.2, 0.25) is 0 Å². The van der Waals surface area contributed by atoms with Crippen LogP contribution in [-0.2, 0) is 0 Å². The summed E-state index contributed by atoms with van der Waals surface area (Å²) in [6.07, 6.45) is -0.844. The van der Waals surface area contributed by atoms with E-state index in [0.717, 1.165) is 5.56 Å². The highest BCUT2D eigenvalue weighted by Gasteiger charge is 2.13. The number of benzene rings is 2. The van der Waals surface area contributed by atoms with Gasteiger partial charge in [-0.3, -0.25) is 0 Å². The summed E-state index contributed by atoms with van der Waals surface area (Å²) in [5, 5.41) is 13.3. The first-order valence-electron chi connectivity index (χ1n) is 6.80. The average molecular weight is 273 g/mol. The van der Waals surface area contributed by atoms with E-state index in [2.05, 4.69) is 11.4 Å². The largest absolute Gasteiger partial charge is 0.387 e. The SMILES string of the molecule is Cc1cccc(C(C)NCC(O)c2ccccc2F)c1. The summed E-state index contributed by atoms with van der Waals surface area (Å²) in [6.45, 7) is 4.39. The number of nitrogens with one attached hydrogen (secondary N) is 1. The molecule has 0 fully saturated rings. The van der Waals surface area contributed by atoms with Crippen molar-refractivity contribution >= 4 is 0 Å². The van der Waals surface area contributed by atoms with Crippen LogP contribution in [0.5, 0.6) is 0 Å². The molecule has 0 aliphatic heterocycles. The molecule has 2 rings (SSSR count). The Morgan fingerprint density at radius 2 is 1.90 bits per heavy atom. The first-order chi connectivity index (χ1) is 9.58. The van der Waals surface area contributed by atoms with Gasteiger partial charge in [0.15, 0.2) is 0 Å². The second-order valence-corrected chi connectivity index (χ2v) is 5.08. The van der Waals surface area contributed by atoms with Crippen molar-refractivity contribution in [1.29, 1.82) is 0 Å². The lowest BCUT2D eigenvalue weighted by atomic mass is 10.0. The molecule has 0 saturated heterocycles. The van der Waals surface area contributed by atoms with Crippen molar-refractivity contribution in [2.75, 3.05) is 6.54 Å². The minimum absolute atomic E-state index is 0.108. The Kier molecular flexibility index (Phi) is 4.88. The average Bonchev–Trinajstić information content (AvgIpc) is 2.45. The van der Waals surface area contributed by atoms with Gasteiger partial charge in [0.2, 0.25) is 0 Å². The van der Waals surface area contributed by atoms with Crippen LogP contribution >= 0.6 is 0 Å². The van der Waals surface area contributed by atoms with E-state index in [1.54, 1.807) is 18.2 Å². The van der Waals surface area contributed by atoms with Crippen molar-refractivity contribution in [3.8, 4) is 0 Å². The third-order valence-corrected chi connectivity index (χ3v) is 3.42. The van der Waals surface area contributed by atoms with Gasteiger partial charge in [0.1, 0.15) is 5.82 Å². The highest BCUT2D eigenvalue weighted by Crippen LogP contribution is 2.18. The number of aliphatic hydroxyl groups excluding tert-OH is 1. The Balaban J connectivity index is 1.97. The van der Waals surface area contributed by atoms with Gasteiger partial charge >= 0.3 is 0 Å². The van der Waals surface area contributed by atoms with Gasteiger partial charge in [-0.15, -0.1) is 0 Å². The van der Waals surface area contributed by atoms with Crippen LogP contribution in [0.4, 0.5) is 4.39 Å². The maximum absolute atomic E-state index is 13.6. The van der Waals surface area contributed by atoms with E-state index in [1.807, 2.05) is 32.0 Å². The van der Waals surface area contributed by atoms with Crippen molar-refractivity contribution in [2.45, 2.75) is 26.0 Å². The molecule has 0 amide bonds. The Morgan fingerprint density at radius 3 is 2.60 bits per heavy atom. The van der Waals surface area contributed by atoms with Crippen molar-refractivity contribution in [1.82, 2.24) is 5.32 Å². The first kappa shape index (κ1) is 14.7. The summed E-state index contributed by atoms with van der Waals surface area (Å²) in [4.78, 5) is 0. The lowest BCUT2D eigenvalue weighted by molar-refractivity contribution is 0.166. The van der Waals surface area contributed by atoms with Crippen LogP contribution in [0.3, 0.4) is 0 Å². The summed E-state index contributed by atoms with van der Waals surface area (Å²) in [6, 6.07) is 14.6. The van der Waals surface area contributed by atoms with Crippen molar-refractivity contribution in [3.63, 3.8) is 0 Å². The Bertz CT molecular complexity index is 570. The highest BCUT2D eigenvalue weighted by atomic mass is 19.1. The maximum Gasteiger partial charge on any atom is 0.129 e. The smallest absolute Gasteiger partial charge is 0.129 e. The summed E-state index contributed by atoms with van der Waals surface area (Å²) >= 11 is 0. The minimum atomic E-state index is -0.844. The number of rotatable bonds is 5. The second-order valence-electron chi connectivity index (χ2n) is 5.08. The van der Waals surface area contributed by atoms with Crippen LogP contribution in [0.1, 0.15) is 35.8 Å². The molecular formula is C17H20FNO. The summed E-state index contributed by atoms with van der Waals surface area (Å²) in [5.41, 5.74) is 2.69. The second kappa shape index (κ2) is 6.64. The number of aliphatic hydroxyl groups is 1. The van der Waals surface area contributed by atoms with Crippen molar-refractivity contribution in [2.24, 2.45) is 0 Å². The molecule has 2 nitrogen and oxygen atoms in total. The quantitative estimate of drug-likeness (QED) is 0.873. The van der Waals surface area contributed by atoms with Gasteiger partial charge < -0.3 is 10.4 Å². The topological polar surface area (TPSA) is 32.3 Å². The van der Waals surface area contributed by atoms with Gasteiger partial charge in [-0.25, -0.2) is 4.39 Å². The molecule has 20 heavy (non-hydrogen) atoms. The van der Waals surface area contributed by atoms with E-state index < -0.39 is 6.10 Å². The van der Waals surface area contributed by atoms with E-state index in [0.29, 0.717) is 12.1 Å². The normalized spacial score (nSPS) is 14.0. The zero-order valence-corrected chi connectivity index (χ0v) is 11.8. The lowest BCUT2D eigenvalue weighted by Crippen LogP contribution is -2.25. The zero-order chi connectivity index (χ0) is 14.5. The number of hydrogen-bond acceptors (Lipinski definition) is 2. The fourth-order valence-corrected chi connectivity index (χ4v) is 2.20. The molecule has 0 aromatic heterocycles. The van der Waals surface area contributed by atoms with Crippen LogP contribution < -0.4 is 5.32 Å². The molecular weight excluding hydrogens is 253 g/mol.